The Morgan fingerprint density at radius 2 is 1.93 bits per heavy atom. The van der Waals surface area contributed by atoms with Gasteiger partial charge in [-0.1, -0.05) is 35.3 Å². The second-order valence-electron chi connectivity index (χ2n) is 6.60. The molecule has 0 aromatic heterocycles. The van der Waals surface area contributed by atoms with Gasteiger partial charge in [-0.25, -0.2) is 9.18 Å². The van der Waals surface area contributed by atoms with Crippen molar-refractivity contribution in [2.45, 2.75) is 31.4 Å². The highest BCUT2D eigenvalue weighted by Gasteiger charge is 2.41. The molecule has 1 fully saturated rings. The zero-order chi connectivity index (χ0) is 19.4. The summed E-state index contributed by atoms with van der Waals surface area (Å²) in [6.07, 6.45) is 1.000. The first-order chi connectivity index (χ1) is 12.9. The van der Waals surface area contributed by atoms with Crippen molar-refractivity contribution in [3.63, 3.8) is 0 Å². The van der Waals surface area contributed by atoms with Crippen molar-refractivity contribution in [2.24, 2.45) is 0 Å². The maximum atomic E-state index is 13.3. The molecule has 7 heteroatoms. The van der Waals surface area contributed by atoms with E-state index in [4.69, 9.17) is 27.9 Å². The maximum absolute atomic E-state index is 13.3. The van der Waals surface area contributed by atoms with Gasteiger partial charge in [-0.05, 0) is 54.3 Å². The van der Waals surface area contributed by atoms with Crippen LogP contribution in [0, 0.1) is 5.82 Å². The number of halogens is 3. The fraction of sp³-hybridized carbons (Fsp3) is 0.350. The minimum absolute atomic E-state index is 0.0116. The van der Waals surface area contributed by atoms with Crippen LogP contribution in [0.5, 0.6) is 0 Å². The first kappa shape index (κ1) is 19.9. The quantitative estimate of drug-likeness (QED) is 0.715. The molecule has 0 aliphatic carbocycles. The largest absolute Gasteiger partial charge is 0.438 e. The smallest absolute Gasteiger partial charge is 0.410 e. The molecule has 1 saturated heterocycles. The van der Waals surface area contributed by atoms with Crippen molar-refractivity contribution in [3.8, 4) is 0 Å². The van der Waals surface area contributed by atoms with Gasteiger partial charge in [-0.15, -0.1) is 0 Å². The Bertz CT molecular complexity index is 815. The molecule has 144 valence electrons. The van der Waals surface area contributed by atoms with Crippen molar-refractivity contribution in [3.05, 3.63) is 69.5 Å². The lowest BCUT2D eigenvalue weighted by Crippen LogP contribution is -2.47. The van der Waals surface area contributed by atoms with Gasteiger partial charge in [0.15, 0.2) is 0 Å². The third kappa shape index (κ3) is 4.54. The highest BCUT2D eigenvalue weighted by atomic mass is 35.5. The Kier molecular flexibility index (Phi) is 6.25. The number of amides is 1. The van der Waals surface area contributed by atoms with Crippen LogP contribution >= 0.6 is 23.2 Å². The molecule has 0 spiro atoms. The summed E-state index contributed by atoms with van der Waals surface area (Å²) < 4.78 is 19.1. The maximum Gasteiger partial charge on any atom is 0.410 e. The van der Waals surface area contributed by atoms with E-state index in [1.807, 2.05) is 0 Å². The normalized spacial score (nSPS) is 19.9. The van der Waals surface area contributed by atoms with E-state index in [1.54, 1.807) is 35.2 Å². The fourth-order valence-electron chi connectivity index (χ4n) is 3.35. The molecular formula is C20H20Cl2FNO3. The van der Waals surface area contributed by atoms with E-state index in [0.29, 0.717) is 35.9 Å². The molecule has 1 aliphatic rings. The van der Waals surface area contributed by atoms with Gasteiger partial charge in [0.05, 0.1) is 6.54 Å². The summed E-state index contributed by atoms with van der Waals surface area (Å²) >= 11 is 12.2. The first-order valence-electron chi connectivity index (χ1n) is 8.72. The number of aliphatic hydroxyl groups is 1. The molecule has 2 aromatic carbocycles. The molecule has 4 nitrogen and oxygen atoms in total. The Balaban J connectivity index is 1.80. The second-order valence-corrected chi connectivity index (χ2v) is 7.45. The van der Waals surface area contributed by atoms with Crippen LogP contribution in [0.2, 0.25) is 10.0 Å². The highest BCUT2D eigenvalue weighted by Crippen LogP contribution is 2.39. The monoisotopic (exact) mass is 411 g/mol. The summed E-state index contributed by atoms with van der Waals surface area (Å²) in [7, 11) is 0. The van der Waals surface area contributed by atoms with Gasteiger partial charge in [-0.3, -0.25) is 0 Å². The van der Waals surface area contributed by atoms with E-state index < -0.39 is 11.7 Å². The lowest BCUT2D eigenvalue weighted by Gasteiger charge is -2.41. The number of cyclic esters (lactones) is 1. The van der Waals surface area contributed by atoms with Crippen LogP contribution in [0.4, 0.5) is 9.18 Å². The number of carbonyl (C=O) groups excluding carboxylic acids is 1. The average molecular weight is 412 g/mol. The van der Waals surface area contributed by atoms with Crippen molar-refractivity contribution in [1.82, 2.24) is 4.90 Å². The van der Waals surface area contributed by atoms with Crippen molar-refractivity contribution in [1.29, 1.82) is 0 Å². The van der Waals surface area contributed by atoms with Crippen LogP contribution in [-0.4, -0.2) is 29.3 Å². The van der Waals surface area contributed by atoms with Crippen LogP contribution in [0.3, 0.4) is 0 Å². The van der Waals surface area contributed by atoms with E-state index in [0.717, 1.165) is 11.1 Å². The van der Waals surface area contributed by atoms with E-state index in [1.165, 1.54) is 12.1 Å². The number of hydrogen-bond donors (Lipinski definition) is 1. The summed E-state index contributed by atoms with van der Waals surface area (Å²) in [5, 5.41) is 10.3. The standard InChI is InChI=1S/C20H20Cl2FNO3/c21-16-4-7-18(22)14(12-16)13-24-10-9-20(8-1-11-25,27-19(24)26)15-2-5-17(23)6-3-15/h2-7,12,25H,1,8-11,13H2. The van der Waals surface area contributed by atoms with Gasteiger partial charge >= 0.3 is 6.09 Å². The van der Waals surface area contributed by atoms with Gasteiger partial charge in [0, 0.05) is 29.6 Å². The molecule has 1 amide bonds. The van der Waals surface area contributed by atoms with Crippen LogP contribution in [0.15, 0.2) is 42.5 Å². The molecule has 27 heavy (non-hydrogen) atoms. The fourth-order valence-corrected chi connectivity index (χ4v) is 3.72. The minimum atomic E-state index is -0.873. The SMILES string of the molecule is O=C1OC(CCCO)(c2ccc(F)cc2)CCN1Cc1cc(Cl)ccc1Cl. The summed E-state index contributed by atoms with van der Waals surface area (Å²) in [6, 6.07) is 11.1. The van der Waals surface area contributed by atoms with Crippen molar-refractivity contribution < 1.29 is 19.0 Å². The van der Waals surface area contributed by atoms with Crippen LogP contribution in [0.1, 0.15) is 30.4 Å². The second kappa shape index (κ2) is 8.46. The third-order valence-electron chi connectivity index (χ3n) is 4.80. The Morgan fingerprint density at radius 1 is 1.19 bits per heavy atom. The van der Waals surface area contributed by atoms with E-state index in [2.05, 4.69) is 0 Å². The number of rotatable bonds is 6. The summed E-state index contributed by atoms with van der Waals surface area (Å²) in [5.41, 5.74) is 0.596. The average Bonchev–Trinajstić information content (AvgIpc) is 2.65. The van der Waals surface area contributed by atoms with Crippen molar-refractivity contribution >= 4 is 29.3 Å². The first-order valence-corrected chi connectivity index (χ1v) is 9.48. The number of benzene rings is 2. The summed E-state index contributed by atoms with van der Waals surface area (Å²) in [5.74, 6) is -0.351. The number of nitrogens with zero attached hydrogens (tertiary/aromatic N) is 1. The topological polar surface area (TPSA) is 49.8 Å². The van der Waals surface area contributed by atoms with Gasteiger partial charge in [-0.2, -0.15) is 0 Å². The summed E-state index contributed by atoms with van der Waals surface area (Å²) in [4.78, 5) is 14.3. The number of hydrogen-bond acceptors (Lipinski definition) is 3. The van der Waals surface area contributed by atoms with E-state index in [9.17, 15) is 14.3 Å². The zero-order valence-corrected chi connectivity index (χ0v) is 16.1. The molecule has 1 atom stereocenters. The van der Waals surface area contributed by atoms with E-state index in [-0.39, 0.29) is 19.0 Å². The zero-order valence-electron chi connectivity index (χ0n) is 14.6. The Morgan fingerprint density at radius 3 is 2.59 bits per heavy atom. The van der Waals surface area contributed by atoms with Gasteiger partial charge in [0.2, 0.25) is 0 Å². The highest BCUT2D eigenvalue weighted by molar-refractivity contribution is 6.33. The Hall–Kier alpha value is -1.82. The number of aliphatic hydroxyl groups excluding tert-OH is 1. The number of ether oxygens (including phenoxy) is 1. The third-order valence-corrected chi connectivity index (χ3v) is 5.41. The van der Waals surface area contributed by atoms with Crippen LogP contribution in [-0.2, 0) is 16.9 Å². The van der Waals surface area contributed by atoms with E-state index >= 15 is 0 Å². The molecule has 0 bridgehead atoms. The molecule has 1 N–H and O–H groups in total. The lowest BCUT2D eigenvalue weighted by molar-refractivity contribution is -0.0625. The molecule has 3 rings (SSSR count). The molecule has 1 aliphatic heterocycles. The van der Waals surface area contributed by atoms with Gasteiger partial charge < -0.3 is 14.7 Å². The van der Waals surface area contributed by atoms with Crippen molar-refractivity contribution in [2.75, 3.05) is 13.2 Å². The Labute approximate surface area is 167 Å². The predicted octanol–water partition coefficient (Wildman–Crippen LogP) is 5.14. The predicted molar refractivity (Wildman–Crippen MR) is 102 cm³/mol. The van der Waals surface area contributed by atoms with Crippen LogP contribution < -0.4 is 0 Å². The molecule has 0 saturated carbocycles. The molecule has 2 aromatic rings. The van der Waals surface area contributed by atoms with Crippen LogP contribution in [0.25, 0.3) is 0 Å². The van der Waals surface area contributed by atoms with Gasteiger partial charge in [0.1, 0.15) is 11.4 Å². The lowest BCUT2D eigenvalue weighted by atomic mass is 9.84. The molecular weight excluding hydrogens is 392 g/mol. The molecule has 1 unspecified atom stereocenters. The molecule has 0 radical (unpaired) electrons. The minimum Gasteiger partial charge on any atom is -0.438 e. The summed E-state index contributed by atoms with van der Waals surface area (Å²) in [6.45, 7) is 0.727. The number of carbonyl (C=O) groups is 1. The molecule has 1 heterocycles. The van der Waals surface area contributed by atoms with Gasteiger partial charge in [0.25, 0.3) is 0 Å².